The molecule has 7 rings (SSSR count). The van der Waals surface area contributed by atoms with Gasteiger partial charge in [0.2, 0.25) is 11.8 Å². The largest absolute Gasteiger partial charge is 0.453 e. The summed E-state index contributed by atoms with van der Waals surface area (Å²) in [6.07, 6.45) is 7.70. The number of hydrogen-bond acceptors (Lipinski definition) is 9. The molecule has 3 aliphatic rings. The number of amides is 4. The van der Waals surface area contributed by atoms with Crippen LogP contribution in [0.2, 0.25) is 0 Å². The number of nitrogens with zero attached hydrogens (tertiary/aromatic N) is 4. The van der Waals surface area contributed by atoms with E-state index in [2.05, 4.69) is 37.4 Å². The van der Waals surface area contributed by atoms with Gasteiger partial charge in [-0.25, -0.2) is 19.6 Å². The highest BCUT2D eigenvalue weighted by Gasteiger charge is 2.41. The number of alkyl carbamates (subject to hydrolysis) is 2. The number of methoxy groups -OCH3 is 2. The van der Waals surface area contributed by atoms with Gasteiger partial charge >= 0.3 is 12.2 Å². The first-order valence-electron chi connectivity index (χ1n) is 20.9. The molecule has 4 N–H and O–H groups in total. The minimum absolute atomic E-state index is 0.0290. The van der Waals surface area contributed by atoms with Crippen molar-refractivity contribution >= 4 is 24.0 Å². The number of carbonyl (C=O) groups is 4. The van der Waals surface area contributed by atoms with E-state index in [9.17, 15) is 19.2 Å². The van der Waals surface area contributed by atoms with Gasteiger partial charge in [0.25, 0.3) is 0 Å². The van der Waals surface area contributed by atoms with Gasteiger partial charge in [-0.2, -0.15) is 0 Å². The number of H-pyrrole nitrogens is 2. The number of ether oxygens (including phenoxy) is 3. The third-order valence-electron chi connectivity index (χ3n) is 12.0. The quantitative estimate of drug-likeness (QED) is 0.130. The van der Waals surface area contributed by atoms with E-state index in [1.807, 2.05) is 72.2 Å². The number of rotatable bonds is 11. The van der Waals surface area contributed by atoms with E-state index in [-0.39, 0.29) is 35.7 Å². The average Bonchev–Trinajstić information content (AvgIpc) is 4.14. The van der Waals surface area contributed by atoms with Gasteiger partial charge in [0.15, 0.2) is 0 Å². The zero-order valence-corrected chi connectivity index (χ0v) is 34.7. The molecular weight excluding hydrogens is 765 g/mol. The Kier molecular flexibility index (Phi) is 13.5. The SMILES string of the molecule is CC[C@H](C)[C@H](NC(=O)OC)C(=O)N1CCCC1c1ncc(-c2ccc(C#Cc3ccc(-c4cnc(C5CCCN5C(=O)[C@@H](NC(=O)OC)C5CCOCC5)[nH]4)cc3)cc2)[nH]1. The molecule has 0 aliphatic carbocycles. The average molecular weight is 819 g/mol. The van der Waals surface area contributed by atoms with Gasteiger partial charge in [0, 0.05) is 37.4 Å². The molecule has 0 radical (unpaired) electrons. The van der Waals surface area contributed by atoms with Gasteiger partial charge in [-0.1, -0.05) is 56.4 Å². The Bertz CT molecular complexity index is 2180. The van der Waals surface area contributed by atoms with Crippen LogP contribution in [0.25, 0.3) is 22.5 Å². The van der Waals surface area contributed by atoms with Gasteiger partial charge in [0.05, 0.1) is 50.1 Å². The lowest BCUT2D eigenvalue weighted by Crippen LogP contribution is -2.53. The molecule has 0 saturated carbocycles. The van der Waals surface area contributed by atoms with Crippen LogP contribution < -0.4 is 10.6 Å². The number of aromatic nitrogens is 4. The second-order valence-electron chi connectivity index (χ2n) is 15.7. The number of nitrogens with one attached hydrogen (secondary N) is 4. The van der Waals surface area contributed by atoms with Crippen LogP contribution in [0.3, 0.4) is 0 Å². The molecule has 0 bridgehead atoms. The van der Waals surface area contributed by atoms with Crippen LogP contribution in [-0.2, 0) is 23.8 Å². The highest BCUT2D eigenvalue weighted by atomic mass is 16.5. The third kappa shape index (κ3) is 9.50. The highest BCUT2D eigenvalue weighted by molar-refractivity contribution is 5.87. The van der Waals surface area contributed by atoms with Gasteiger partial charge in [-0.3, -0.25) is 9.59 Å². The second-order valence-corrected chi connectivity index (χ2v) is 15.7. The smallest absolute Gasteiger partial charge is 0.407 e. The van der Waals surface area contributed by atoms with E-state index in [0.717, 1.165) is 71.6 Å². The van der Waals surface area contributed by atoms with Gasteiger partial charge in [0.1, 0.15) is 23.7 Å². The minimum atomic E-state index is -0.686. The fourth-order valence-electron chi connectivity index (χ4n) is 8.39. The maximum atomic E-state index is 13.9. The normalized spacial score (nSPS) is 19.5. The third-order valence-corrected chi connectivity index (χ3v) is 12.0. The Hall–Kier alpha value is -6.14. The number of likely N-dealkylation sites (tertiary alicyclic amines) is 2. The van der Waals surface area contributed by atoms with Crippen LogP contribution in [0, 0.1) is 23.7 Å². The summed E-state index contributed by atoms with van der Waals surface area (Å²) in [5.41, 5.74) is 5.30. The molecule has 2 unspecified atom stereocenters. The van der Waals surface area contributed by atoms with Crippen molar-refractivity contribution < 1.29 is 33.4 Å². The number of benzene rings is 2. The second kappa shape index (κ2) is 19.3. The summed E-state index contributed by atoms with van der Waals surface area (Å²) in [5.74, 6) is 7.61. The molecule has 3 aliphatic heterocycles. The molecule has 5 heterocycles. The Morgan fingerprint density at radius 2 is 1.23 bits per heavy atom. The number of carbonyl (C=O) groups excluding carboxylic acids is 4. The summed E-state index contributed by atoms with van der Waals surface area (Å²) in [7, 11) is 2.60. The summed E-state index contributed by atoms with van der Waals surface area (Å²) in [4.78, 5) is 71.8. The Morgan fingerprint density at radius 3 is 1.72 bits per heavy atom. The number of aromatic amines is 2. The zero-order chi connectivity index (χ0) is 42.2. The van der Waals surface area contributed by atoms with Crippen LogP contribution >= 0.6 is 0 Å². The van der Waals surface area contributed by atoms with Crippen LogP contribution in [0.1, 0.15) is 93.7 Å². The van der Waals surface area contributed by atoms with Gasteiger partial charge in [-0.05, 0) is 85.8 Å². The molecular formula is C45H54N8O7. The maximum absolute atomic E-state index is 13.9. The number of hydrogen-bond donors (Lipinski definition) is 4. The number of imidazole rings is 2. The highest BCUT2D eigenvalue weighted by Crippen LogP contribution is 2.35. The van der Waals surface area contributed by atoms with Crippen LogP contribution in [0.4, 0.5) is 9.59 Å². The zero-order valence-electron chi connectivity index (χ0n) is 34.7. The van der Waals surface area contributed by atoms with E-state index < -0.39 is 24.3 Å². The van der Waals surface area contributed by atoms with Crippen molar-refractivity contribution in [3.05, 3.63) is 83.7 Å². The van der Waals surface area contributed by atoms with E-state index in [1.54, 1.807) is 12.4 Å². The van der Waals surface area contributed by atoms with Crippen molar-refractivity contribution in [3.63, 3.8) is 0 Å². The monoisotopic (exact) mass is 818 g/mol. The molecule has 60 heavy (non-hydrogen) atoms. The van der Waals surface area contributed by atoms with E-state index in [1.165, 1.54) is 14.2 Å². The molecule has 2 aromatic heterocycles. The molecule has 2 aromatic carbocycles. The molecule has 4 amide bonds. The lowest BCUT2D eigenvalue weighted by Gasteiger charge is -2.34. The fraction of sp³-hybridized carbons (Fsp3) is 0.467. The van der Waals surface area contributed by atoms with Gasteiger partial charge < -0.3 is 44.6 Å². The van der Waals surface area contributed by atoms with E-state index in [0.29, 0.717) is 45.0 Å². The maximum Gasteiger partial charge on any atom is 0.407 e. The molecule has 3 saturated heterocycles. The first kappa shape index (κ1) is 42.0. The first-order chi connectivity index (χ1) is 29.2. The van der Waals surface area contributed by atoms with Crippen molar-refractivity contribution in [1.29, 1.82) is 0 Å². The van der Waals surface area contributed by atoms with Crippen LogP contribution in [-0.4, -0.2) is 106 Å². The summed E-state index contributed by atoms with van der Waals surface area (Å²) < 4.78 is 15.2. The molecule has 5 atom stereocenters. The Balaban J connectivity index is 0.972. The molecule has 316 valence electrons. The molecule has 3 fully saturated rings. The molecule has 4 aromatic rings. The van der Waals surface area contributed by atoms with Crippen molar-refractivity contribution in [2.45, 2.75) is 83.0 Å². The molecule has 15 heteroatoms. The van der Waals surface area contributed by atoms with Crippen molar-refractivity contribution in [2.24, 2.45) is 11.8 Å². The summed E-state index contributed by atoms with van der Waals surface area (Å²) in [5, 5.41) is 5.54. The Labute approximate surface area is 350 Å². The van der Waals surface area contributed by atoms with Crippen molar-refractivity contribution in [3.8, 4) is 34.4 Å². The first-order valence-corrected chi connectivity index (χ1v) is 20.9. The van der Waals surface area contributed by atoms with Crippen LogP contribution in [0.5, 0.6) is 0 Å². The predicted octanol–water partition coefficient (Wildman–Crippen LogP) is 6.12. The molecule has 0 spiro atoms. The summed E-state index contributed by atoms with van der Waals surface area (Å²) >= 11 is 0. The predicted molar refractivity (Wildman–Crippen MR) is 223 cm³/mol. The topological polar surface area (TPSA) is 184 Å². The molecule has 15 nitrogen and oxygen atoms in total. The fourth-order valence-corrected chi connectivity index (χ4v) is 8.39. The lowest BCUT2D eigenvalue weighted by atomic mass is 9.90. The van der Waals surface area contributed by atoms with Crippen molar-refractivity contribution in [1.82, 2.24) is 40.4 Å². The van der Waals surface area contributed by atoms with E-state index in [4.69, 9.17) is 19.2 Å². The lowest BCUT2D eigenvalue weighted by molar-refractivity contribution is -0.137. The standard InChI is InChI=1S/C45H54N8O7/c1-5-28(2)38(50-44(56)58-3)42(54)52-22-6-8-36(52)40-46-26-34(48-40)31-16-12-29(13-17-31)10-11-30-14-18-32(19-15-30)35-27-47-41(49-35)37-9-7-23-53(37)43(55)39(51-45(57)59-4)33-20-24-60-25-21-33/h12-19,26-28,33,36-39H,5-9,20-25H2,1-4H3,(H,46,48)(H,47,49)(H,50,56)(H,51,57)/t28-,36?,37?,38-,39-/m0/s1. The van der Waals surface area contributed by atoms with Crippen LogP contribution in [0.15, 0.2) is 60.9 Å². The minimum Gasteiger partial charge on any atom is -0.453 e. The van der Waals surface area contributed by atoms with E-state index >= 15 is 0 Å². The Morgan fingerprint density at radius 1 is 0.750 bits per heavy atom. The summed E-state index contributed by atoms with van der Waals surface area (Å²) in [6, 6.07) is 14.1. The van der Waals surface area contributed by atoms with Crippen molar-refractivity contribution in [2.75, 3.05) is 40.5 Å². The summed E-state index contributed by atoms with van der Waals surface area (Å²) in [6.45, 7) is 6.24. The van der Waals surface area contributed by atoms with Gasteiger partial charge in [-0.15, -0.1) is 0 Å².